The van der Waals surface area contributed by atoms with Crippen LogP contribution in [-0.2, 0) is 4.79 Å². The van der Waals surface area contributed by atoms with E-state index in [2.05, 4.69) is 17.1 Å². The molecule has 1 aromatic rings. The number of anilines is 1. The summed E-state index contributed by atoms with van der Waals surface area (Å²) in [5.41, 5.74) is 0.820. The van der Waals surface area contributed by atoms with Crippen molar-refractivity contribution in [2.45, 2.75) is 39.7 Å². The van der Waals surface area contributed by atoms with Crippen LogP contribution in [0.2, 0.25) is 0 Å². The van der Waals surface area contributed by atoms with Crippen LogP contribution in [0, 0.1) is 5.92 Å². The first-order valence-corrected chi connectivity index (χ1v) is 7.88. The van der Waals surface area contributed by atoms with Crippen LogP contribution in [0.15, 0.2) is 24.3 Å². The lowest BCUT2D eigenvalue weighted by atomic mass is 9.98. The van der Waals surface area contributed by atoms with Crippen LogP contribution in [0.5, 0.6) is 5.75 Å². The Kier molecular flexibility index (Phi) is 5.62. The van der Waals surface area contributed by atoms with E-state index in [9.17, 15) is 4.79 Å². The molecule has 0 bridgehead atoms. The SMILES string of the molecule is CCOc1ccc(NC(=O)[C@@H](C)N2CCC(C)CC2)cc1. The molecule has 4 nitrogen and oxygen atoms in total. The van der Waals surface area contributed by atoms with Gasteiger partial charge in [-0.05, 0) is 70.0 Å². The number of benzene rings is 1. The topological polar surface area (TPSA) is 41.6 Å². The molecule has 0 radical (unpaired) electrons. The van der Waals surface area contributed by atoms with E-state index < -0.39 is 0 Å². The molecule has 0 unspecified atom stereocenters. The summed E-state index contributed by atoms with van der Waals surface area (Å²) >= 11 is 0. The van der Waals surface area contributed by atoms with Gasteiger partial charge in [-0.1, -0.05) is 6.92 Å². The predicted molar refractivity (Wildman–Crippen MR) is 85.7 cm³/mol. The summed E-state index contributed by atoms with van der Waals surface area (Å²) in [5.74, 6) is 1.67. The summed E-state index contributed by atoms with van der Waals surface area (Å²) in [6, 6.07) is 7.45. The van der Waals surface area contributed by atoms with Crippen LogP contribution < -0.4 is 10.1 Å². The maximum Gasteiger partial charge on any atom is 0.241 e. The van der Waals surface area contributed by atoms with Gasteiger partial charge < -0.3 is 10.1 Å². The molecule has 1 heterocycles. The van der Waals surface area contributed by atoms with Gasteiger partial charge in [-0.15, -0.1) is 0 Å². The molecule has 0 aromatic heterocycles. The highest BCUT2D eigenvalue weighted by Gasteiger charge is 2.24. The average Bonchev–Trinajstić information content (AvgIpc) is 2.49. The number of carbonyl (C=O) groups is 1. The second-order valence-electron chi connectivity index (χ2n) is 5.84. The molecule has 0 saturated carbocycles. The minimum absolute atomic E-state index is 0.0636. The van der Waals surface area contributed by atoms with Gasteiger partial charge in [0.2, 0.25) is 5.91 Å². The number of rotatable bonds is 5. The zero-order valence-corrected chi connectivity index (χ0v) is 13.3. The van der Waals surface area contributed by atoms with E-state index in [0.29, 0.717) is 6.61 Å². The van der Waals surface area contributed by atoms with Crippen molar-refractivity contribution in [3.63, 3.8) is 0 Å². The number of hydrogen-bond donors (Lipinski definition) is 1. The Morgan fingerprint density at radius 1 is 1.33 bits per heavy atom. The molecule has 1 aromatic carbocycles. The van der Waals surface area contributed by atoms with Gasteiger partial charge in [0, 0.05) is 5.69 Å². The monoisotopic (exact) mass is 290 g/mol. The lowest BCUT2D eigenvalue weighted by molar-refractivity contribution is -0.121. The van der Waals surface area contributed by atoms with Gasteiger partial charge in [0.15, 0.2) is 0 Å². The zero-order chi connectivity index (χ0) is 15.2. The Morgan fingerprint density at radius 3 is 2.52 bits per heavy atom. The van der Waals surface area contributed by atoms with Gasteiger partial charge >= 0.3 is 0 Å². The Balaban J connectivity index is 1.88. The molecule has 1 fully saturated rings. The first-order valence-electron chi connectivity index (χ1n) is 7.88. The number of nitrogens with one attached hydrogen (secondary N) is 1. The largest absolute Gasteiger partial charge is 0.494 e. The molecule has 0 aliphatic carbocycles. The van der Waals surface area contributed by atoms with Crippen molar-refractivity contribution >= 4 is 11.6 Å². The fourth-order valence-corrected chi connectivity index (χ4v) is 2.63. The Morgan fingerprint density at radius 2 is 1.95 bits per heavy atom. The van der Waals surface area contributed by atoms with E-state index in [4.69, 9.17) is 4.74 Å². The van der Waals surface area contributed by atoms with Crippen molar-refractivity contribution in [3.8, 4) is 5.75 Å². The number of amides is 1. The maximum absolute atomic E-state index is 12.3. The Bertz CT molecular complexity index is 450. The number of carbonyl (C=O) groups excluding carboxylic acids is 1. The number of nitrogens with zero attached hydrogens (tertiary/aromatic N) is 1. The van der Waals surface area contributed by atoms with Gasteiger partial charge in [0.1, 0.15) is 5.75 Å². The fourth-order valence-electron chi connectivity index (χ4n) is 2.63. The quantitative estimate of drug-likeness (QED) is 0.906. The van der Waals surface area contributed by atoms with Crippen LogP contribution in [-0.4, -0.2) is 36.5 Å². The third-order valence-corrected chi connectivity index (χ3v) is 4.18. The van der Waals surface area contributed by atoms with E-state index in [-0.39, 0.29) is 11.9 Å². The van der Waals surface area contributed by atoms with Crippen molar-refractivity contribution in [3.05, 3.63) is 24.3 Å². The van der Waals surface area contributed by atoms with E-state index >= 15 is 0 Å². The molecule has 1 atom stereocenters. The minimum atomic E-state index is -0.0796. The van der Waals surface area contributed by atoms with E-state index in [0.717, 1.165) is 30.4 Å². The molecule has 21 heavy (non-hydrogen) atoms. The van der Waals surface area contributed by atoms with Crippen LogP contribution in [0.4, 0.5) is 5.69 Å². The fraction of sp³-hybridized carbons (Fsp3) is 0.588. The summed E-state index contributed by atoms with van der Waals surface area (Å²) in [6.45, 7) is 8.90. The number of ether oxygens (including phenoxy) is 1. The van der Waals surface area contributed by atoms with Crippen LogP contribution in [0.1, 0.15) is 33.6 Å². The molecular weight excluding hydrogens is 264 g/mol. The van der Waals surface area contributed by atoms with Gasteiger partial charge in [-0.3, -0.25) is 9.69 Å². The summed E-state index contributed by atoms with van der Waals surface area (Å²) in [6.07, 6.45) is 2.36. The standard InChI is InChI=1S/C17H26N2O2/c1-4-21-16-7-5-15(6-8-16)18-17(20)14(3)19-11-9-13(2)10-12-19/h5-8,13-14H,4,9-12H2,1-3H3,(H,18,20)/t14-/m1/s1. The van der Waals surface area contributed by atoms with Crippen molar-refractivity contribution in [1.82, 2.24) is 4.90 Å². The van der Waals surface area contributed by atoms with E-state index in [1.54, 1.807) is 0 Å². The van der Waals surface area contributed by atoms with Crippen LogP contribution in [0.3, 0.4) is 0 Å². The summed E-state index contributed by atoms with van der Waals surface area (Å²) in [5, 5.41) is 2.98. The third kappa shape index (κ3) is 4.46. The third-order valence-electron chi connectivity index (χ3n) is 4.18. The van der Waals surface area contributed by atoms with Crippen molar-refractivity contribution in [1.29, 1.82) is 0 Å². The number of hydrogen-bond acceptors (Lipinski definition) is 3. The highest BCUT2D eigenvalue weighted by molar-refractivity contribution is 5.94. The Labute approximate surface area is 127 Å². The normalized spacial score (nSPS) is 18.2. The molecule has 116 valence electrons. The van der Waals surface area contributed by atoms with Crippen molar-refractivity contribution < 1.29 is 9.53 Å². The molecule has 0 spiro atoms. The first kappa shape index (κ1) is 15.8. The van der Waals surface area contributed by atoms with Gasteiger partial charge in [0.25, 0.3) is 0 Å². The van der Waals surface area contributed by atoms with Gasteiger partial charge in [0.05, 0.1) is 12.6 Å². The molecule has 1 aliphatic heterocycles. The molecule has 1 saturated heterocycles. The Hall–Kier alpha value is -1.55. The molecule has 2 rings (SSSR count). The van der Waals surface area contributed by atoms with Gasteiger partial charge in [-0.2, -0.15) is 0 Å². The lowest BCUT2D eigenvalue weighted by Crippen LogP contribution is -2.45. The molecule has 1 N–H and O–H groups in total. The zero-order valence-electron chi connectivity index (χ0n) is 13.3. The molecule has 1 aliphatic rings. The second kappa shape index (κ2) is 7.46. The summed E-state index contributed by atoms with van der Waals surface area (Å²) in [7, 11) is 0. The number of piperidine rings is 1. The predicted octanol–water partition coefficient (Wildman–Crippen LogP) is 3.14. The van der Waals surface area contributed by atoms with E-state index in [1.807, 2.05) is 38.1 Å². The first-order chi connectivity index (χ1) is 10.1. The van der Waals surface area contributed by atoms with Gasteiger partial charge in [-0.25, -0.2) is 0 Å². The second-order valence-corrected chi connectivity index (χ2v) is 5.84. The highest BCUT2D eigenvalue weighted by atomic mass is 16.5. The highest BCUT2D eigenvalue weighted by Crippen LogP contribution is 2.20. The average molecular weight is 290 g/mol. The van der Waals surface area contributed by atoms with Crippen LogP contribution >= 0.6 is 0 Å². The van der Waals surface area contributed by atoms with Crippen molar-refractivity contribution in [2.75, 3.05) is 25.0 Å². The summed E-state index contributed by atoms with van der Waals surface area (Å²) in [4.78, 5) is 14.6. The molecule has 4 heteroatoms. The van der Waals surface area contributed by atoms with E-state index in [1.165, 1.54) is 12.8 Å². The lowest BCUT2D eigenvalue weighted by Gasteiger charge is -2.34. The molecule has 1 amide bonds. The van der Waals surface area contributed by atoms with Crippen LogP contribution in [0.25, 0.3) is 0 Å². The minimum Gasteiger partial charge on any atom is -0.494 e. The molecular formula is C17H26N2O2. The summed E-state index contributed by atoms with van der Waals surface area (Å²) < 4.78 is 5.40. The smallest absolute Gasteiger partial charge is 0.241 e. The maximum atomic E-state index is 12.3. The number of likely N-dealkylation sites (tertiary alicyclic amines) is 1. The van der Waals surface area contributed by atoms with Crippen molar-refractivity contribution in [2.24, 2.45) is 5.92 Å².